The maximum Gasteiger partial charge on any atom is 0.274 e. The van der Waals surface area contributed by atoms with Crippen LogP contribution in [0.3, 0.4) is 0 Å². The highest BCUT2D eigenvalue weighted by Crippen LogP contribution is 2.17. The summed E-state index contributed by atoms with van der Waals surface area (Å²) in [6.45, 7) is 0.980. The van der Waals surface area contributed by atoms with Gasteiger partial charge in [0, 0.05) is 39.3 Å². The number of aromatic nitrogens is 2. The molecule has 132 valence electrons. The maximum absolute atomic E-state index is 12.6. The lowest BCUT2D eigenvalue weighted by Gasteiger charge is -2.33. The van der Waals surface area contributed by atoms with Gasteiger partial charge in [-0.05, 0) is 18.2 Å². The summed E-state index contributed by atoms with van der Waals surface area (Å²) >= 11 is 0. The molecule has 1 aliphatic heterocycles. The molecule has 0 aliphatic carbocycles. The molecule has 9 heteroatoms. The minimum Gasteiger partial charge on any atom is -0.335 e. The first-order valence-corrected chi connectivity index (χ1v) is 9.22. The number of hydrogen-bond acceptors (Lipinski definition) is 5. The second kappa shape index (κ2) is 6.77. The molecule has 2 heterocycles. The Hall–Kier alpha value is -2.52. The molecule has 1 aromatic heterocycles. The first-order chi connectivity index (χ1) is 11.9. The van der Waals surface area contributed by atoms with Gasteiger partial charge in [0.25, 0.3) is 11.5 Å². The van der Waals surface area contributed by atoms with Gasteiger partial charge in [-0.3, -0.25) is 9.59 Å². The van der Waals surface area contributed by atoms with E-state index in [1.165, 1.54) is 23.5 Å². The van der Waals surface area contributed by atoms with Crippen LogP contribution in [0.2, 0.25) is 0 Å². The van der Waals surface area contributed by atoms with E-state index in [0.717, 1.165) is 4.68 Å². The van der Waals surface area contributed by atoms with Crippen molar-refractivity contribution in [2.24, 2.45) is 7.05 Å². The quantitative estimate of drug-likeness (QED) is 0.762. The second-order valence-corrected chi connectivity index (χ2v) is 7.63. The van der Waals surface area contributed by atoms with Crippen LogP contribution in [-0.4, -0.2) is 59.5 Å². The van der Waals surface area contributed by atoms with Gasteiger partial charge in [-0.25, -0.2) is 13.1 Å². The van der Waals surface area contributed by atoms with Gasteiger partial charge >= 0.3 is 0 Å². The summed E-state index contributed by atoms with van der Waals surface area (Å²) in [4.78, 5) is 25.6. The molecule has 0 N–H and O–H groups in total. The fraction of sp³-hybridized carbons (Fsp3) is 0.312. The summed E-state index contributed by atoms with van der Waals surface area (Å²) < 4.78 is 27.7. The van der Waals surface area contributed by atoms with E-state index in [4.69, 9.17) is 0 Å². The van der Waals surface area contributed by atoms with Crippen molar-refractivity contribution in [1.29, 1.82) is 0 Å². The number of piperazine rings is 1. The monoisotopic (exact) mass is 362 g/mol. The Morgan fingerprint density at radius 3 is 2.24 bits per heavy atom. The number of carbonyl (C=O) groups is 1. The number of sulfonamides is 1. The fourth-order valence-electron chi connectivity index (χ4n) is 2.65. The number of carbonyl (C=O) groups excluding carboxylic acids is 1. The Morgan fingerprint density at radius 2 is 1.64 bits per heavy atom. The molecule has 1 amide bonds. The predicted octanol–water partition coefficient (Wildman–Crippen LogP) is -0.0730. The Labute approximate surface area is 145 Å². The fourth-order valence-corrected chi connectivity index (χ4v) is 4.09. The van der Waals surface area contributed by atoms with Crippen LogP contribution in [0.25, 0.3) is 0 Å². The van der Waals surface area contributed by atoms with Crippen LogP contribution < -0.4 is 5.56 Å². The molecule has 1 fully saturated rings. The summed E-state index contributed by atoms with van der Waals surface area (Å²) in [6.07, 6.45) is 0. The lowest BCUT2D eigenvalue weighted by Crippen LogP contribution is -2.50. The van der Waals surface area contributed by atoms with Gasteiger partial charge in [0.05, 0.1) is 4.90 Å². The van der Waals surface area contributed by atoms with Crippen molar-refractivity contribution < 1.29 is 13.2 Å². The van der Waals surface area contributed by atoms with Gasteiger partial charge in [-0.1, -0.05) is 18.2 Å². The average Bonchev–Trinajstić information content (AvgIpc) is 2.64. The molecule has 2 aromatic rings. The maximum atomic E-state index is 12.6. The zero-order valence-electron chi connectivity index (χ0n) is 13.7. The molecular formula is C16H18N4O4S. The highest BCUT2D eigenvalue weighted by molar-refractivity contribution is 7.89. The van der Waals surface area contributed by atoms with E-state index < -0.39 is 10.0 Å². The third-order valence-corrected chi connectivity index (χ3v) is 6.00. The van der Waals surface area contributed by atoms with Crippen molar-refractivity contribution in [2.75, 3.05) is 26.2 Å². The van der Waals surface area contributed by atoms with Crippen molar-refractivity contribution >= 4 is 15.9 Å². The molecule has 25 heavy (non-hydrogen) atoms. The molecular weight excluding hydrogens is 344 g/mol. The lowest BCUT2D eigenvalue weighted by atomic mass is 10.3. The molecule has 0 radical (unpaired) electrons. The molecule has 8 nitrogen and oxygen atoms in total. The molecule has 0 atom stereocenters. The number of nitrogens with zero attached hydrogens (tertiary/aromatic N) is 4. The van der Waals surface area contributed by atoms with Crippen LogP contribution in [0.5, 0.6) is 0 Å². The molecule has 3 rings (SSSR count). The van der Waals surface area contributed by atoms with Gasteiger partial charge < -0.3 is 4.90 Å². The van der Waals surface area contributed by atoms with E-state index in [1.54, 1.807) is 35.2 Å². The number of benzene rings is 1. The molecule has 1 aliphatic rings. The highest BCUT2D eigenvalue weighted by atomic mass is 32.2. The third kappa shape index (κ3) is 3.47. The summed E-state index contributed by atoms with van der Waals surface area (Å²) in [5, 5.41) is 3.94. The third-order valence-electron chi connectivity index (χ3n) is 4.09. The molecule has 0 bridgehead atoms. The Kier molecular flexibility index (Phi) is 4.69. The topological polar surface area (TPSA) is 92.6 Å². The van der Waals surface area contributed by atoms with E-state index in [-0.39, 0.29) is 48.2 Å². The van der Waals surface area contributed by atoms with Crippen molar-refractivity contribution in [3.8, 4) is 0 Å². The number of aryl methyl sites for hydroxylation is 1. The van der Waals surface area contributed by atoms with Crippen LogP contribution in [0, 0.1) is 0 Å². The first-order valence-electron chi connectivity index (χ1n) is 7.78. The molecule has 0 unspecified atom stereocenters. The average molecular weight is 362 g/mol. The Balaban J connectivity index is 1.70. The van der Waals surface area contributed by atoms with Crippen molar-refractivity contribution in [3.05, 3.63) is 58.5 Å². The highest BCUT2D eigenvalue weighted by Gasteiger charge is 2.30. The standard InChI is InChI=1S/C16H18N4O4S/c1-18-15(21)8-7-14(17-18)16(22)19-9-11-20(12-10-19)25(23,24)13-5-3-2-4-6-13/h2-8H,9-12H2,1H3. The van der Waals surface area contributed by atoms with Crippen molar-refractivity contribution in [2.45, 2.75) is 4.90 Å². The zero-order chi connectivity index (χ0) is 18.0. The zero-order valence-corrected chi connectivity index (χ0v) is 14.5. The van der Waals surface area contributed by atoms with E-state index >= 15 is 0 Å². The van der Waals surface area contributed by atoms with Gasteiger partial charge in [0.1, 0.15) is 5.69 Å². The lowest BCUT2D eigenvalue weighted by molar-refractivity contribution is 0.0689. The first kappa shape index (κ1) is 17.3. The summed E-state index contributed by atoms with van der Waals surface area (Å²) in [5.74, 6) is -0.313. The van der Waals surface area contributed by atoms with Crippen LogP contribution in [-0.2, 0) is 17.1 Å². The van der Waals surface area contributed by atoms with Crippen LogP contribution >= 0.6 is 0 Å². The van der Waals surface area contributed by atoms with Crippen LogP contribution in [0.1, 0.15) is 10.5 Å². The summed E-state index contributed by atoms with van der Waals surface area (Å²) in [6, 6.07) is 10.9. The minimum absolute atomic E-state index is 0.168. The van der Waals surface area contributed by atoms with Gasteiger partial charge in [0.2, 0.25) is 10.0 Å². The minimum atomic E-state index is -3.55. The van der Waals surface area contributed by atoms with Crippen molar-refractivity contribution in [3.63, 3.8) is 0 Å². The van der Waals surface area contributed by atoms with E-state index in [1.807, 2.05) is 0 Å². The molecule has 1 saturated heterocycles. The van der Waals surface area contributed by atoms with E-state index in [2.05, 4.69) is 5.10 Å². The van der Waals surface area contributed by atoms with Crippen LogP contribution in [0.4, 0.5) is 0 Å². The van der Waals surface area contributed by atoms with Crippen LogP contribution in [0.15, 0.2) is 52.2 Å². The van der Waals surface area contributed by atoms with E-state index in [0.29, 0.717) is 0 Å². The number of rotatable bonds is 3. The summed E-state index contributed by atoms with van der Waals surface area (Å²) in [7, 11) is -2.08. The summed E-state index contributed by atoms with van der Waals surface area (Å²) in [5.41, 5.74) is -0.128. The molecule has 0 spiro atoms. The smallest absolute Gasteiger partial charge is 0.274 e. The second-order valence-electron chi connectivity index (χ2n) is 5.69. The Morgan fingerprint density at radius 1 is 1.00 bits per heavy atom. The van der Waals surface area contributed by atoms with Gasteiger partial charge in [0.15, 0.2) is 0 Å². The van der Waals surface area contributed by atoms with Crippen molar-refractivity contribution in [1.82, 2.24) is 19.0 Å². The SMILES string of the molecule is Cn1nc(C(=O)N2CCN(S(=O)(=O)c3ccccc3)CC2)ccc1=O. The van der Waals surface area contributed by atoms with E-state index in [9.17, 15) is 18.0 Å². The Bertz CT molecular complexity index is 932. The van der Waals surface area contributed by atoms with Gasteiger partial charge in [-0.15, -0.1) is 0 Å². The normalized spacial score (nSPS) is 16.0. The largest absolute Gasteiger partial charge is 0.335 e. The van der Waals surface area contributed by atoms with Gasteiger partial charge in [-0.2, -0.15) is 9.40 Å². The molecule has 0 saturated carbocycles. The number of hydrogen-bond donors (Lipinski definition) is 0. The molecule has 1 aromatic carbocycles. The predicted molar refractivity (Wildman–Crippen MR) is 90.6 cm³/mol. The number of amides is 1.